The Morgan fingerprint density at radius 1 is 1.25 bits per heavy atom. The topological polar surface area (TPSA) is 97.2 Å². The van der Waals surface area contributed by atoms with Crippen LogP contribution in [0.15, 0.2) is 30.9 Å². The molecular formula is C15H21N7O2. The third-order valence-corrected chi connectivity index (χ3v) is 3.61. The highest BCUT2D eigenvalue weighted by molar-refractivity contribution is 5.75. The van der Waals surface area contributed by atoms with Gasteiger partial charge in [0.2, 0.25) is 5.91 Å². The maximum atomic E-state index is 11.7. The van der Waals surface area contributed by atoms with Gasteiger partial charge in [-0.25, -0.2) is 9.97 Å². The van der Waals surface area contributed by atoms with Crippen molar-refractivity contribution in [2.45, 2.75) is 6.54 Å². The summed E-state index contributed by atoms with van der Waals surface area (Å²) in [6, 6.07) is 3.70. The lowest BCUT2D eigenvalue weighted by Gasteiger charge is -2.27. The van der Waals surface area contributed by atoms with E-state index in [1.165, 1.54) is 0 Å². The van der Waals surface area contributed by atoms with E-state index in [4.69, 9.17) is 4.74 Å². The molecule has 3 rings (SSSR count). The molecule has 1 aliphatic rings. The maximum Gasteiger partial charge on any atom is 0.241 e. The molecule has 2 N–H and O–H groups in total. The van der Waals surface area contributed by atoms with Crippen molar-refractivity contribution >= 4 is 17.5 Å². The molecule has 1 aliphatic heterocycles. The molecule has 3 heterocycles. The molecule has 0 spiro atoms. The van der Waals surface area contributed by atoms with Crippen LogP contribution in [0.4, 0.5) is 11.6 Å². The van der Waals surface area contributed by atoms with Crippen molar-refractivity contribution in [3.8, 4) is 0 Å². The number of nitrogens with one attached hydrogen (secondary N) is 2. The highest BCUT2D eigenvalue weighted by atomic mass is 16.5. The van der Waals surface area contributed by atoms with Gasteiger partial charge < -0.3 is 20.3 Å². The van der Waals surface area contributed by atoms with Gasteiger partial charge in [-0.05, 0) is 6.07 Å². The monoisotopic (exact) mass is 331 g/mol. The van der Waals surface area contributed by atoms with Crippen LogP contribution < -0.4 is 15.5 Å². The summed E-state index contributed by atoms with van der Waals surface area (Å²) in [5.41, 5.74) is 0. The van der Waals surface area contributed by atoms with Gasteiger partial charge in [-0.3, -0.25) is 9.48 Å². The van der Waals surface area contributed by atoms with Crippen molar-refractivity contribution in [3.05, 3.63) is 30.9 Å². The Kier molecular flexibility index (Phi) is 5.56. The molecular weight excluding hydrogens is 310 g/mol. The highest BCUT2D eigenvalue weighted by Gasteiger charge is 2.12. The first-order valence-electron chi connectivity index (χ1n) is 7.94. The number of nitrogens with zero attached hydrogens (tertiary/aromatic N) is 5. The first-order chi connectivity index (χ1) is 11.8. The van der Waals surface area contributed by atoms with Crippen molar-refractivity contribution in [2.24, 2.45) is 0 Å². The smallest absolute Gasteiger partial charge is 0.241 e. The second kappa shape index (κ2) is 8.25. The molecule has 0 saturated carbocycles. The molecule has 24 heavy (non-hydrogen) atoms. The molecule has 1 fully saturated rings. The summed E-state index contributed by atoms with van der Waals surface area (Å²) in [4.78, 5) is 22.4. The summed E-state index contributed by atoms with van der Waals surface area (Å²) in [6.07, 6.45) is 4.95. The second-order valence-electron chi connectivity index (χ2n) is 5.34. The fraction of sp³-hybridized carbons (Fsp3) is 0.467. The molecule has 0 aromatic carbocycles. The molecule has 9 nitrogen and oxygen atoms in total. The Hall–Kier alpha value is -2.68. The lowest BCUT2D eigenvalue weighted by atomic mass is 10.4. The number of anilines is 2. The Morgan fingerprint density at radius 3 is 2.92 bits per heavy atom. The van der Waals surface area contributed by atoms with E-state index >= 15 is 0 Å². The van der Waals surface area contributed by atoms with E-state index in [-0.39, 0.29) is 12.5 Å². The van der Waals surface area contributed by atoms with Crippen LogP contribution in [0.3, 0.4) is 0 Å². The zero-order valence-electron chi connectivity index (χ0n) is 13.4. The normalized spacial score (nSPS) is 14.4. The minimum Gasteiger partial charge on any atom is -0.378 e. The number of hydrogen-bond donors (Lipinski definition) is 2. The van der Waals surface area contributed by atoms with Crippen molar-refractivity contribution in [3.63, 3.8) is 0 Å². The van der Waals surface area contributed by atoms with Crippen molar-refractivity contribution in [2.75, 3.05) is 49.6 Å². The molecule has 9 heteroatoms. The molecule has 128 valence electrons. The molecule has 0 aliphatic carbocycles. The minimum atomic E-state index is -0.0720. The fourth-order valence-electron chi connectivity index (χ4n) is 2.40. The Labute approximate surface area is 140 Å². The standard InChI is InChI=1S/C15H21N7O2/c23-15(11-22-5-1-2-20-22)17-4-3-16-13-10-14(19-12-18-13)21-6-8-24-9-7-21/h1-2,5,10,12H,3-4,6-9,11H2,(H,17,23)(H,16,18,19). The number of amides is 1. The van der Waals surface area contributed by atoms with Gasteiger partial charge in [-0.15, -0.1) is 0 Å². The van der Waals surface area contributed by atoms with Crippen LogP contribution >= 0.6 is 0 Å². The van der Waals surface area contributed by atoms with Gasteiger partial charge in [0.05, 0.1) is 13.2 Å². The van der Waals surface area contributed by atoms with Crippen LogP contribution in [0.25, 0.3) is 0 Å². The summed E-state index contributed by atoms with van der Waals surface area (Å²) in [5, 5.41) is 10.0. The number of ether oxygens (including phenoxy) is 1. The minimum absolute atomic E-state index is 0.0720. The molecule has 1 amide bonds. The van der Waals surface area contributed by atoms with E-state index in [0.29, 0.717) is 13.1 Å². The van der Waals surface area contributed by atoms with Crippen molar-refractivity contribution in [1.29, 1.82) is 0 Å². The van der Waals surface area contributed by atoms with Gasteiger partial charge >= 0.3 is 0 Å². The van der Waals surface area contributed by atoms with E-state index in [1.807, 2.05) is 6.07 Å². The second-order valence-corrected chi connectivity index (χ2v) is 5.34. The third-order valence-electron chi connectivity index (χ3n) is 3.61. The maximum absolute atomic E-state index is 11.7. The van der Waals surface area contributed by atoms with Crippen LogP contribution in [-0.2, 0) is 16.1 Å². The first-order valence-corrected chi connectivity index (χ1v) is 7.94. The number of rotatable bonds is 7. The summed E-state index contributed by atoms with van der Waals surface area (Å²) >= 11 is 0. The zero-order valence-corrected chi connectivity index (χ0v) is 13.4. The third kappa shape index (κ3) is 4.66. The summed E-state index contributed by atoms with van der Waals surface area (Å²) < 4.78 is 6.93. The molecule has 2 aromatic rings. The average Bonchev–Trinajstić information content (AvgIpc) is 3.13. The van der Waals surface area contributed by atoms with Gasteiger partial charge in [0, 0.05) is 44.6 Å². The fourth-order valence-corrected chi connectivity index (χ4v) is 2.40. The highest BCUT2D eigenvalue weighted by Crippen LogP contribution is 2.14. The van der Waals surface area contributed by atoms with E-state index < -0.39 is 0 Å². The predicted octanol–water partition coefficient (Wildman–Crippen LogP) is -0.262. The largest absolute Gasteiger partial charge is 0.378 e. The van der Waals surface area contributed by atoms with E-state index in [9.17, 15) is 4.79 Å². The zero-order chi connectivity index (χ0) is 16.6. The lowest BCUT2D eigenvalue weighted by molar-refractivity contribution is -0.121. The number of carbonyl (C=O) groups excluding carboxylic acids is 1. The van der Waals surface area contributed by atoms with Gasteiger partial charge in [0.25, 0.3) is 0 Å². The average molecular weight is 331 g/mol. The van der Waals surface area contributed by atoms with Crippen molar-refractivity contribution in [1.82, 2.24) is 25.1 Å². The van der Waals surface area contributed by atoms with Gasteiger partial charge in [0.1, 0.15) is 24.5 Å². The predicted molar refractivity (Wildman–Crippen MR) is 88.8 cm³/mol. The SMILES string of the molecule is O=C(Cn1cccn1)NCCNc1cc(N2CCOCC2)ncn1. The Morgan fingerprint density at radius 2 is 2.12 bits per heavy atom. The van der Waals surface area contributed by atoms with Crippen LogP contribution in [0.2, 0.25) is 0 Å². The molecule has 0 unspecified atom stereocenters. The lowest BCUT2D eigenvalue weighted by Crippen LogP contribution is -2.36. The van der Waals surface area contributed by atoms with Crippen LogP contribution in [0.1, 0.15) is 0 Å². The van der Waals surface area contributed by atoms with E-state index in [0.717, 1.165) is 37.9 Å². The van der Waals surface area contributed by atoms with Gasteiger partial charge in [-0.1, -0.05) is 0 Å². The van der Waals surface area contributed by atoms with Gasteiger partial charge in [0.15, 0.2) is 0 Å². The quantitative estimate of drug-likeness (QED) is 0.675. The van der Waals surface area contributed by atoms with E-state index in [2.05, 4.69) is 30.6 Å². The van der Waals surface area contributed by atoms with Crippen LogP contribution in [0.5, 0.6) is 0 Å². The van der Waals surface area contributed by atoms with E-state index in [1.54, 1.807) is 29.5 Å². The number of carbonyl (C=O) groups is 1. The van der Waals surface area contributed by atoms with Gasteiger partial charge in [-0.2, -0.15) is 5.10 Å². The number of hydrogen-bond acceptors (Lipinski definition) is 7. The molecule has 0 atom stereocenters. The van der Waals surface area contributed by atoms with Crippen LogP contribution in [-0.4, -0.2) is 65.0 Å². The first kappa shape index (κ1) is 16.2. The summed E-state index contributed by atoms with van der Waals surface area (Å²) in [6.45, 7) is 4.42. The number of morpholine rings is 1. The number of aromatic nitrogens is 4. The molecule has 1 saturated heterocycles. The Balaban J connectivity index is 1.40. The molecule has 2 aromatic heterocycles. The van der Waals surface area contributed by atoms with Crippen molar-refractivity contribution < 1.29 is 9.53 Å². The Bertz CT molecular complexity index is 641. The molecule has 0 radical (unpaired) electrons. The summed E-state index contributed by atoms with van der Waals surface area (Å²) in [5.74, 6) is 1.56. The summed E-state index contributed by atoms with van der Waals surface area (Å²) in [7, 11) is 0. The van der Waals surface area contributed by atoms with Crippen LogP contribution in [0, 0.1) is 0 Å². The molecule has 0 bridgehead atoms.